The van der Waals surface area contributed by atoms with E-state index in [9.17, 15) is 14.7 Å². The molecular weight excluding hydrogens is 242 g/mol. The van der Waals surface area contributed by atoms with E-state index in [1.165, 1.54) is 18.2 Å². The normalized spacial score (nSPS) is 9.94. The van der Waals surface area contributed by atoms with Gasteiger partial charge in [0.1, 0.15) is 11.3 Å². The number of carbonyl (C=O) groups excluding carboxylic acids is 1. The first-order valence-electron chi connectivity index (χ1n) is 4.89. The van der Waals surface area contributed by atoms with Crippen LogP contribution in [0.4, 0.5) is 5.69 Å². The number of hydrogen-bond donors (Lipinski definition) is 3. The van der Waals surface area contributed by atoms with Crippen LogP contribution in [0.3, 0.4) is 0 Å². The minimum absolute atomic E-state index is 0.179. The molecule has 0 aliphatic carbocycles. The molecule has 1 aromatic carbocycles. The summed E-state index contributed by atoms with van der Waals surface area (Å²) in [5, 5.41) is 20.6. The predicted molar refractivity (Wildman–Crippen MR) is 66.7 cm³/mol. The molecule has 0 saturated carbocycles. The second-order valence-corrected chi connectivity index (χ2v) is 4.31. The molecule has 0 spiro atoms. The number of aromatic carboxylic acids is 1. The van der Waals surface area contributed by atoms with Gasteiger partial charge < -0.3 is 15.5 Å². The SMILES string of the molecule is CSCCC(=O)Nc1ccc(O)c(C(=O)O)c1. The lowest BCUT2D eigenvalue weighted by Crippen LogP contribution is -2.12. The van der Waals surface area contributed by atoms with Gasteiger partial charge in [0.25, 0.3) is 0 Å². The Morgan fingerprint density at radius 1 is 1.41 bits per heavy atom. The highest BCUT2D eigenvalue weighted by Gasteiger charge is 2.11. The Morgan fingerprint density at radius 2 is 2.12 bits per heavy atom. The highest BCUT2D eigenvalue weighted by Crippen LogP contribution is 2.21. The van der Waals surface area contributed by atoms with Crippen molar-refractivity contribution in [2.45, 2.75) is 6.42 Å². The lowest BCUT2D eigenvalue weighted by atomic mass is 10.2. The summed E-state index contributed by atoms with van der Waals surface area (Å²) in [6.07, 6.45) is 2.26. The predicted octanol–water partition coefficient (Wildman–Crippen LogP) is 1.78. The molecule has 6 heteroatoms. The Hall–Kier alpha value is -1.69. The molecule has 0 aliphatic heterocycles. The second-order valence-electron chi connectivity index (χ2n) is 3.33. The van der Waals surface area contributed by atoms with Gasteiger partial charge in [0.15, 0.2) is 0 Å². The van der Waals surface area contributed by atoms with Gasteiger partial charge in [0.2, 0.25) is 5.91 Å². The lowest BCUT2D eigenvalue weighted by molar-refractivity contribution is -0.115. The van der Waals surface area contributed by atoms with Crippen molar-refractivity contribution in [1.29, 1.82) is 0 Å². The van der Waals surface area contributed by atoms with Crippen LogP contribution in [0, 0.1) is 0 Å². The van der Waals surface area contributed by atoms with Crippen LogP contribution < -0.4 is 5.32 Å². The third-order valence-electron chi connectivity index (χ3n) is 2.04. The van der Waals surface area contributed by atoms with E-state index in [1.54, 1.807) is 11.8 Å². The molecule has 0 bridgehead atoms. The van der Waals surface area contributed by atoms with E-state index >= 15 is 0 Å². The van der Waals surface area contributed by atoms with Gasteiger partial charge in [0.05, 0.1) is 0 Å². The monoisotopic (exact) mass is 255 g/mol. The molecule has 1 rings (SSSR count). The number of nitrogens with one attached hydrogen (secondary N) is 1. The maximum atomic E-state index is 11.4. The average molecular weight is 255 g/mol. The van der Waals surface area contributed by atoms with Gasteiger partial charge in [-0.15, -0.1) is 0 Å². The number of amides is 1. The molecule has 0 fully saturated rings. The zero-order valence-corrected chi connectivity index (χ0v) is 10.1. The zero-order valence-electron chi connectivity index (χ0n) is 9.27. The lowest BCUT2D eigenvalue weighted by Gasteiger charge is -2.06. The molecule has 0 radical (unpaired) electrons. The van der Waals surface area contributed by atoms with Gasteiger partial charge in [-0.05, 0) is 24.5 Å². The number of carbonyl (C=O) groups is 2. The number of rotatable bonds is 5. The number of phenols is 1. The first-order chi connectivity index (χ1) is 8.04. The van der Waals surface area contributed by atoms with Gasteiger partial charge in [0, 0.05) is 17.9 Å². The van der Waals surface area contributed by atoms with Crippen molar-refractivity contribution >= 4 is 29.3 Å². The van der Waals surface area contributed by atoms with Crippen molar-refractivity contribution in [3.63, 3.8) is 0 Å². The minimum atomic E-state index is -1.23. The number of carboxylic acids is 1. The maximum absolute atomic E-state index is 11.4. The summed E-state index contributed by atoms with van der Waals surface area (Å²) < 4.78 is 0. The van der Waals surface area contributed by atoms with Gasteiger partial charge in [-0.25, -0.2) is 4.79 Å². The average Bonchev–Trinajstić information content (AvgIpc) is 2.28. The van der Waals surface area contributed by atoms with Crippen LogP contribution in [0.1, 0.15) is 16.8 Å². The quantitative estimate of drug-likeness (QED) is 0.698. The van der Waals surface area contributed by atoms with Crippen molar-refractivity contribution in [3.05, 3.63) is 23.8 Å². The summed E-state index contributed by atoms with van der Waals surface area (Å²) in [5.74, 6) is -1.03. The van der Waals surface area contributed by atoms with Crippen LogP contribution in [-0.2, 0) is 4.79 Å². The molecule has 1 aromatic rings. The van der Waals surface area contributed by atoms with Crippen LogP contribution in [-0.4, -0.2) is 34.1 Å². The van der Waals surface area contributed by atoms with Crippen molar-refractivity contribution in [2.24, 2.45) is 0 Å². The number of hydrogen-bond acceptors (Lipinski definition) is 4. The van der Waals surface area contributed by atoms with E-state index in [0.717, 1.165) is 0 Å². The Balaban J connectivity index is 2.75. The summed E-state index contributed by atoms with van der Waals surface area (Å²) in [5.41, 5.74) is 0.138. The van der Waals surface area contributed by atoms with E-state index in [2.05, 4.69) is 5.32 Å². The fourth-order valence-corrected chi connectivity index (χ4v) is 1.59. The summed E-state index contributed by atoms with van der Waals surface area (Å²) >= 11 is 1.56. The summed E-state index contributed by atoms with van der Waals surface area (Å²) in [7, 11) is 0. The fourth-order valence-electron chi connectivity index (χ4n) is 1.20. The van der Waals surface area contributed by atoms with Crippen molar-refractivity contribution in [2.75, 3.05) is 17.3 Å². The molecule has 1 amide bonds. The molecular formula is C11H13NO4S. The number of carboxylic acid groups (broad SMARTS) is 1. The van der Waals surface area contributed by atoms with Crippen LogP contribution >= 0.6 is 11.8 Å². The fraction of sp³-hybridized carbons (Fsp3) is 0.273. The van der Waals surface area contributed by atoms with Crippen LogP contribution in [0.5, 0.6) is 5.75 Å². The molecule has 0 unspecified atom stereocenters. The van der Waals surface area contributed by atoms with Crippen molar-refractivity contribution < 1.29 is 19.8 Å². The molecule has 0 aromatic heterocycles. The standard InChI is InChI=1S/C11H13NO4S/c1-17-5-4-10(14)12-7-2-3-9(13)8(6-7)11(15)16/h2-3,6,13H,4-5H2,1H3,(H,12,14)(H,15,16). The molecule has 0 aliphatic rings. The second kappa shape index (κ2) is 6.15. The third kappa shape index (κ3) is 3.99. The van der Waals surface area contributed by atoms with E-state index in [0.29, 0.717) is 17.9 Å². The topological polar surface area (TPSA) is 86.6 Å². The highest BCUT2D eigenvalue weighted by atomic mass is 32.2. The van der Waals surface area contributed by atoms with Gasteiger partial charge in [-0.2, -0.15) is 11.8 Å². The smallest absolute Gasteiger partial charge is 0.339 e. The van der Waals surface area contributed by atoms with Gasteiger partial charge in [-0.1, -0.05) is 0 Å². The van der Waals surface area contributed by atoms with Crippen LogP contribution in [0.2, 0.25) is 0 Å². The van der Waals surface area contributed by atoms with Crippen molar-refractivity contribution in [3.8, 4) is 5.75 Å². The molecule has 5 nitrogen and oxygen atoms in total. The van der Waals surface area contributed by atoms with Crippen LogP contribution in [0.25, 0.3) is 0 Å². The number of aromatic hydroxyl groups is 1. The largest absolute Gasteiger partial charge is 0.507 e. The maximum Gasteiger partial charge on any atom is 0.339 e. The van der Waals surface area contributed by atoms with E-state index in [-0.39, 0.29) is 17.2 Å². The van der Waals surface area contributed by atoms with E-state index in [4.69, 9.17) is 5.11 Å². The van der Waals surface area contributed by atoms with Crippen molar-refractivity contribution in [1.82, 2.24) is 0 Å². The first-order valence-corrected chi connectivity index (χ1v) is 6.29. The Labute approximate surface area is 103 Å². The third-order valence-corrected chi connectivity index (χ3v) is 2.66. The summed E-state index contributed by atoms with van der Waals surface area (Å²) in [6.45, 7) is 0. The Kier molecular flexibility index (Phi) is 4.84. The number of thioether (sulfide) groups is 1. The van der Waals surface area contributed by atoms with Gasteiger partial charge in [-0.3, -0.25) is 4.79 Å². The number of benzene rings is 1. The molecule has 92 valence electrons. The molecule has 0 atom stereocenters. The Morgan fingerprint density at radius 3 is 2.71 bits per heavy atom. The molecule has 3 N–H and O–H groups in total. The molecule has 0 saturated heterocycles. The summed E-state index contributed by atoms with van der Waals surface area (Å²) in [6, 6.07) is 3.93. The summed E-state index contributed by atoms with van der Waals surface area (Å²) in [4.78, 5) is 22.2. The number of anilines is 1. The first kappa shape index (κ1) is 13.4. The molecule has 0 heterocycles. The molecule has 17 heavy (non-hydrogen) atoms. The van der Waals surface area contributed by atoms with E-state index in [1.807, 2.05) is 6.26 Å². The highest BCUT2D eigenvalue weighted by molar-refractivity contribution is 7.98. The van der Waals surface area contributed by atoms with Gasteiger partial charge >= 0.3 is 5.97 Å². The minimum Gasteiger partial charge on any atom is -0.507 e. The Bertz CT molecular complexity index is 433. The van der Waals surface area contributed by atoms with Crippen LogP contribution in [0.15, 0.2) is 18.2 Å². The zero-order chi connectivity index (χ0) is 12.8. The van der Waals surface area contributed by atoms with E-state index < -0.39 is 5.97 Å².